The van der Waals surface area contributed by atoms with E-state index >= 15 is 0 Å². The number of hydrogen-bond donors (Lipinski definition) is 1. The minimum atomic E-state index is -2.53. The Bertz CT molecular complexity index is 3330. The van der Waals surface area contributed by atoms with Gasteiger partial charge in [0, 0.05) is 37.1 Å². The van der Waals surface area contributed by atoms with Crippen LogP contribution >= 0.6 is 0 Å². The number of aryl methyl sites for hydroxylation is 3. The molecule has 9 rings (SSSR count). The summed E-state index contributed by atoms with van der Waals surface area (Å²) in [6, 6.07) is 55.3. The van der Waals surface area contributed by atoms with Gasteiger partial charge in [-0.05, 0) is 143 Å². The Kier molecular flexibility index (Phi) is 12.8. The first-order valence-electron chi connectivity index (χ1n) is 25.4. The zero-order chi connectivity index (χ0) is 49.5. The van der Waals surface area contributed by atoms with Crippen molar-refractivity contribution in [2.24, 2.45) is 0 Å². The van der Waals surface area contributed by atoms with Crippen molar-refractivity contribution in [3.63, 3.8) is 0 Å². The third kappa shape index (κ3) is 8.80. The molecule has 0 amide bonds. The molecule has 0 aliphatic carbocycles. The second kappa shape index (κ2) is 19.7. The molecule has 0 fully saturated rings. The summed E-state index contributed by atoms with van der Waals surface area (Å²) in [5.74, 6) is 0.535. The van der Waals surface area contributed by atoms with Gasteiger partial charge in [-0.25, -0.2) is 4.98 Å². The van der Waals surface area contributed by atoms with E-state index in [1.807, 2.05) is 110 Å². The fraction of sp³-hybridized carbons (Fsp3) is 0.238. The van der Waals surface area contributed by atoms with Crippen LogP contribution in [-0.4, -0.2) is 19.6 Å². The molecule has 2 aromatic heterocycles. The molecular formula is C63H62N3OPt-. The summed E-state index contributed by atoms with van der Waals surface area (Å²) in [7, 11) is 0. The Morgan fingerprint density at radius 3 is 1.84 bits per heavy atom. The molecular weight excluding hydrogens is 1010 g/mol. The normalized spacial score (nSPS) is 12.6. The van der Waals surface area contributed by atoms with E-state index in [0.29, 0.717) is 33.7 Å². The maximum Gasteiger partial charge on any atom is 0.148 e. The zero-order valence-corrected chi connectivity index (χ0v) is 42.7. The van der Waals surface area contributed by atoms with Crippen LogP contribution in [0.25, 0.3) is 83.9 Å². The summed E-state index contributed by atoms with van der Waals surface area (Å²) in [5, 5.41) is 11.9. The van der Waals surface area contributed by atoms with Gasteiger partial charge in [0.15, 0.2) is 0 Å². The molecule has 2 heterocycles. The first-order valence-corrected chi connectivity index (χ1v) is 23.9. The van der Waals surface area contributed by atoms with Gasteiger partial charge in [-0.3, -0.25) is 9.55 Å². The Morgan fingerprint density at radius 2 is 1.21 bits per heavy atom. The van der Waals surface area contributed by atoms with Crippen LogP contribution in [0.1, 0.15) is 99.2 Å². The molecule has 0 aliphatic rings. The number of aromatic nitrogens is 3. The third-order valence-electron chi connectivity index (χ3n) is 14.8. The van der Waals surface area contributed by atoms with E-state index in [0.717, 1.165) is 87.0 Å². The minimum Gasteiger partial charge on any atom is -0.507 e. The van der Waals surface area contributed by atoms with E-state index in [4.69, 9.17) is 9.97 Å². The molecule has 5 heteroatoms. The molecule has 0 unspecified atom stereocenters. The summed E-state index contributed by atoms with van der Waals surface area (Å²) in [5.41, 5.74) is 15.8. The summed E-state index contributed by atoms with van der Waals surface area (Å²) in [6.07, 6.45) is 5.60. The maximum atomic E-state index is 11.9. The van der Waals surface area contributed by atoms with Crippen LogP contribution in [-0.2, 0) is 31.9 Å². The fourth-order valence-electron chi connectivity index (χ4n) is 9.93. The van der Waals surface area contributed by atoms with Crippen molar-refractivity contribution in [3.8, 4) is 78.6 Å². The fourth-order valence-corrected chi connectivity index (χ4v) is 9.93. The number of hydrogen-bond acceptors (Lipinski definition) is 3. The standard InChI is InChI=1S/C63H62N3O.Pt/c1-10-62(8,11-2)53-27-21-28-54(63(9,12-3)13-4)58(53)47-30-31-56(42(6)36-47)66-57-29-20-26-51(59(57)65-61(66)52-35-41(5)34-43(7)60(52)67)49-37-48(45-24-18-15-19-25-45)38-50(39-49)55-40-46(32-33-64-55)44-22-16-14-17-23-44;/h14-38,40,67H,10-13H2,1-9H3;/q-1;/i6D3;. The molecule has 0 bridgehead atoms. The zero-order valence-electron chi connectivity index (χ0n) is 43.4. The van der Waals surface area contributed by atoms with Crippen LogP contribution in [0.15, 0.2) is 158 Å². The average Bonchev–Trinajstić information content (AvgIpc) is 3.78. The van der Waals surface area contributed by atoms with Gasteiger partial charge in [0.2, 0.25) is 0 Å². The van der Waals surface area contributed by atoms with Crippen molar-refractivity contribution in [2.45, 2.75) is 98.8 Å². The van der Waals surface area contributed by atoms with E-state index < -0.39 is 6.85 Å². The Morgan fingerprint density at radius 1 is 0.588 bits per heavy atom. The number of rotatable bonds is 13. The number of benzene rings is 7. The maximum absolute atomic E-state index is 11.9. The molecule has 0 spiro atoms. The Labute approximate surface area is 422 Å². The third-order valence-corrected chi connectivity index (χ3v) is 14.8. The van der Waals surface area contributed by atoms with Gasteiger partial charge < -0.3 is 5.11 Å². The number of nitrogens with zero attached hydrogens (tertiary/aromatic N) is 3. The first-order chi connectivity index (χ1) is 33.6. The molecule has 0 aliphatic heterocycles. The average molecular weight is 1080 g/mol. The van der Waals surface area contributed by atoms with Crippen LogP contribution in [0.2, 0.25) is 0 Å². The predicted molar refractivity (Wildman–Crippen MR) is 282 cm³/mol. The molecule has 0 radical (unpaired) electrons. The molecule has 4 nitrogen and oxygen atoms in total. The van der Waals surface area contributed by atoms with Crippen molar-refractivity contribution >= 4 is 11.0 Å². The van der Waals surface area contributed by atoms with Gasteiger partial charge in [0.25, 0.3) is 0 Å². The topological polar surface area (TPSA) is 50.9 Å². The number of para-hydroxylation sites is 1. The van der Waals surface area contributed by atoms with Crippen molar-refractivity contribution in [1.82, 2.24) is 14.5 Å². The molecule has 346 valence electrons. The number of pyridine rings is 1. The van der Waals surface area contributed by atoms with Crippen LogP contribution in [0.3, 0.4) is 0 Å². The molecule has 0 atom stereocenters. The summed E-state index contributed by atoms with van der Waals surface area (Å²) < 4.78 is 29.7. The summed E-state index contributed by atoms with van der Waals surface area (Å²) in [6.45, 7) is 15.0. The predicted octanol–water partition coefficient (Wildman–Crippen LogP) is 17.0. The van der Waals surface area contributed by atoms with Gasteiger partial charge in [-0.1, -0.05) is 167 Å². The Hall–Kier alpha value is -6.35. The Balaban J connectivity index is 0.00000676. The second-order valence-electron chi connectivity index (χ2n) is 18.8. The van der Waals surface area contributed by atoms with Gasteiger partial charge in [0.1, 0.15) is 11.6 Å². The van der Waals surface area contributed by atoms with Gasteiger partial charge in [-0.2, -0.15) is 0 Å². The SMILES string of the molecule is [2H]C([2H])([2H])c1cc(-c2c(C(C)(CC)CC)cccc2C(C)(CC)CC)ccc1-n1c(-c2cc(C)cc(C)c2O)nc2c(-c3[c-]c(-c4cc(-c5ccccc5)ccn4)cc(-c4ccccc4)c3)cccc21.[Pt]. The number of fused-ring (bicyclic) bond motifs is 1. The minimum absolute atomic E-state index is 0. The van der Waals surface area contributed by atoms with Gasteiger partial charge in [-0.15, -0.1) is 23.8 Å². The number of imidazole rings is 1. The van der Waals surface area contributed by atoms with Crippen molar-refractivity contribution < 1.29 is 30.3 Å². The number of aromatic hydroxyl groups is 1. The van der Waals surface area contributed by atoms with Crippen molar-refractivity contribution in [1.29, 1.82) is 0 Å². The van der Waals surface area contributed by atoms with E-state index in [1.54, 1.807) is 0 Å². The second-order valence-corrected chi connectivity index (χ2v) is 18.8. The molecule has 9 aromatic rings. The molecule has 0 saturated carbocycles. The summed E-state index contributed by atoms with van der Waals surface area (Å²) >= 11 is 0. The number of phenols is 1. The quantitative estimate of drug-likeness (QED) is 0.117. The molecule has 68 heavy (non-hydrogen) atoms. The van der Waals surface area contributed by atoms with Crippen LogP contribution in [0.4, 0.5) is 0 Å². The summed E-state index contributed by atoms with van der Waals surface area (Å²) in [4.78, 5) is 10.3. The van der Waals surface area contributed by atoms with Gasteiger partial charge >= 0.3 is 0 Å². The molecule has 0 saturated heterocycles. The van der Waals surface area contributed by atoms with E-state index in [-0.39, 0.29) is 43.2 Å². The first kappa shape index (κ1) is 44.2. The van der Waals surface area contributed by atoms with Gasteiger partial charge in [0.05, 0.1) is 22.3 Å². The van der Waals surface area contributed by atoms with E-state index in [2.05, 4.69) is 114 Å². The van der Waals surface area contributed by atoms with Crippen molar-refractivity contribution in [3.05, 3.63) is 192 Å². The monoisotopic (exact) mass is 1070 g/mol. The van der Waals surface area contributed by atoms with E-state index in [9.17, 15) is 9.22 Å². The largest absolute Gasteiger partial charge is 0.507 e. The van der Waals surface area contributed by atoms with Crippen LogP contribution < -0.4 is 0 Å². The van der Waals surface area contributed by atoms with Crippen molar-refractivity contribution in [2.75, 3.05) is 0 Å². The van der Waals surface area contributed by atoms with Crippen LogP contribution in [0.5, 0.6) is 5.75 Å². The smallest absolute Gasteiger partial charge is 0.148 e. The van der Waals surface area contributed by atoms with E-state index in [1.165, 1.54) is 11.1 Å². The molecule has 1 N–H and O–H groups in total. The molecule has 7 aromatic carbocycles. The van der Waals surface area contributed by atoms with Crippen LogP contribution in [0, 0.1) is 26.8 Å². The number of phenolic OH excluding ortho intramolecular Hbond substituents is 1.